The predicted octanol–water partition coefficient (Wildman–Crippen LogP) is 4.52. The standard InChI is InChI=1S/C28H35N5O5Si/c1-7-19(38-39(8-2,9-3)10-4)21-22-23(37-28(5,6)36-22)27(35-21)33-17-31-20-24(29-16-30-25(20)33)32-26(34)18-14-12-11-13-15-18/h1,11-17,19,21-23,27H,8-10H2,2-6H3,(H,29,30,32,34)/t19-,21-,22-,23-,27-/m1/s1. The molecular weight excluding hydrogens is 514 g/mol. The third-order valence-electron chi connectivity index (χ3n) is 7.74. The number of benzene rings is 1. The maximum Gasteiger partial charge on any atom is 0.256 e. The number of ether oxygens (including phenoxy) is 3. The van der Waals surface area contributed by atoms with Gasteiger partial charge in [0.05, 0.1) is 6.33 Å². The summed E-state index contributed by atoms with van der Waals surface area (Å²) < 4.78 is 27.7. The molecule has 2 aliphatic heterocycles. The molecule has 206 valence electrons. The Morgan fingerprint density at radius 1 is 1.13 bits per heavy atom. The number of carbonyl (C=O) groups is 1. The van der Waals surface area contributed by atoms with Gasteiger partial charge in [-0.25, -0.2) is 15.0 Å². The molecule has 10 nitrogen and oxygen atoms in total. The third kappa shape index (κ3) is 5.10. The topological polar surface area (TPSA) is 110 Å². The molecule has 11 heteroatoms. The lowest BCUT2D eigenvalue weighted by molar-refractivity contribution is -0.202. The maximum absolute atomic E-state index is 12.8. The van der Waals surface area contributed by atoms with Gasteiger partial charge in [0.1, 0.15) is 30.7 Å². The minimum Gasteiger partial charge on any atom is -0.401 e. The number of nitrogens with one attached hydrogen (secondary N) is 1. The molecule has 1 N–H and O–H groups in total. The second-order valence-corrected chi connectivity index (χ2v) is 15.1. The van der Waals surface area contributed by atoms with E-state index in [0.717, 1.165) is 18.1 Å². The monoisotopic (exact) mass is 549 g/mol. The molecule has 2 fully saturated rings. The summed E-state index contributed by atoms with van der Waals surface area (Å²) in [5.74, 6) is 2.03. The van der Waals surface area contributed by atoms with Gasteiger partial charge < -0.3 is 24.0 Å². The molecule has 5 atom stereocenters. The van der Waals surface area contributed by atoms with Crippen molar-refractivity contribution in [1.82, 2.24) is 19.5 Å². The molecule has 0 spiro atoms. The Labute approximate surface area is 229 Å². The zero-order chi connectivity index (χ0) is 27.8. The number of hydrogen-bond acceptors (Lipinski definition) is 8. The van der Waals surface area contributed by atoms with E-state index in [2.05, 4.69) is 47.0 Å². The SMILES string of the molecule is C#C[C@@H](O[Si](CC)(CC)CC)[C@H]1O[C@@H](n2cnc3c(NC(=O)c4ccccc4)ncnc32)[C@@H]2OC(C)(C)O[C@@H]21. The lowest BCUT2D eigenvalue weighted by Gasteiger charge is -2.34. The van der Waals surface area contributed by atoms with Gasteiger partial charge in [0.15, 0.2) is 37.3 Å². The number of nitrogens with zero attached hydrogens (tertiary/aromatic N) is 4. The van der Waals surface area contributed by atoms with Crippen LogP contribution in [-0.2, 0) is 18.6 Å². The van der Waals surface area contributed by atoms with Crippen molar-refractivity contribution in [3.05, 3.63) is 48.5 Å². The highest BCUT2D eigenvalue weighted by Crippen LogP contribution is 2.45. The van der Waals surface area contributed by atoms with Crippen molar-refractivity contribution in [2.75, 3.05) is 5.32 Å². The van der Waals surface area contributed by atoms with E-state index in [4.69, 9.17) is 25.1 Å². The highest BCUT2D eigenvalue weighted by molar-refractivity contribution is 6.73. The third-order valence-corrected chi connectivity index (χ3v) is 12.4. The van der Waals surface area contributed by atoms with Crippen LogP contribution in [0.1, 0.15) is 51.2 Å². The van der Waals surface area contributed by atoms with Crippen LogP contribution in [0.15, 0.2) is 43.0 Å². The Balaban J connectivity index is 1.46. The predicted molar refractivity (Wildman–Crippen MR) is 148 cm³/mol. The van der Waals surface area contributed by atoms with Crippen LogP contribution in [0, 0.1) is 12.3 Å². The summed E-state index contributed by atoms with van der Waals surface area (Å²) in [6.45, 7) is 10.2. The Kier molecular flexibility index (Phi) is 7.59. The molecule has 1 amide bonds. The van der Waals surface area contributed by atoms with Gasteiger partial charge >= 0.3 is 0 Å². The Morgan fingerprint density at radius 3 is 2.49 bits per heavy atom. The van der Waals surface area contributed by atoms with Gasteiger partial charge in [0.2, 0.25) is 0 Å². The number of fused-ring (bicyclic) bond motifs is 2. The number of anilines is 1. The molecule has 4 heterocycles. The van der Waals surface area contributed by atoms with Gasteiger partial charge in [-0.05, 0) is 44.1 Å². The van der Waals surface area contributed by atoms with Gasteiger partial charge in [0.25, 0.3) is 5.91 Å². The lowest BCUT2D eigenvalue weighted by atomic mass is 10.1. The molecule has 0 bridgehead atoms. The highest BCUT2D eigenvalue weighted by Gasteiger charge is 2.58. The van der Waals surface area contributed by atoms with Gasteiger partial charge in [0, 0.05) is 5.56 Å². The van der Waals surface area contributed by atoms with E-state index in [1.165, 1.54) is 6.33 Å². The summed E-state index contributed by atoms with van der Waals surface area (Å²) in [4.78, 5) is 26.0. The Morgan fingerprint density at radius 2 is 1.82 bits per heavy atom. The van der Waals surface area contributed by atoms with Crippen molar-refractivity contribution in [2.24, 2.45) is 0 Å². The van der Waals surface area contributed by atoms with Crippen LogP contribution >= 0.6 is 0 Å². The van der Waals surface area contributed by atoms with E-state index in [0.29, 0.717) is 22.5 Å². The summed E-state index contributed by atoms with van der Waals surface area (Å²) in [6.07, 6.45) is 6.37. The van der Waals surface area contributed by atoms with Crippen LogP contribution in [0.4, 0.5) is 5.82 Å². The Bertz CT molecular complexity index is 1360. The fourth-order valence-corrected chi connectivity index (χ4v) is 8.18. The van der Waals surface area contributed by atoms with Gasteiger partial charge in [-0.2, -0.15) is 0 Å². The lowest BCUT2D eigenvalue weighted by Crippen LogP contribution is -2.47. The smallest absolute Gasteiger partial charge is 0.256 e. The molecule has 39 heavy (non-hydrogen) atoms. The second kappa shape index (κ2) is 10.8. The number of imidazole rings is 1. The molecule has 2 aliphatic rings. The molecule has 0 aliphatic carbocycles. The van der Waals surface area contributed by atoms with Crippen LogP contribution in [0.25, 0.3) is 11.2 Å². The largest absolute Gasteiger partial charge is 0.401 e. The van der Waals surface area contributed by atoms with Crippen molar-refractivity contribution >= 4 is 31.2 Å². The quantitative estimate of drug-likeness (QED) is 0.307. The van der Waals surface area contributed by atoms with Crippen LogP contribution in [0.2, 0.25) is 18.1 Å². The molecule has 0 radical (unpaired) electrons. The van der Waals surface area contributed by atoms with Gasteiger partial charge in [-0.15, -0.1) is 6.42 Å². The van der Waals surface area contributed by atoms with Crippen molar-refractivity contribution in [3.8, 4) is 12.3 Å². The molecule has 0 saturated carbocycles. The van der Waals surface area contributed by atoms with E-state index >= 15 is 0 Å². The average Bonchev–Trinajstić information content (AvgIpc) is 3.61. The fourth-order valence-electron chi connectivity index (χ4n) is 5.44. The van der Waals surface area contributed by atoms with Crippen LogP contribution in [0.3, 0.4) is 0 Å². The highest BCUT2D eigenvalue weighted by atomic mass is 28.4. The van der Waals surface area contributed by atoms with E-state index in [1.54, 1.807) is 35.2 Å². The molecule has 0 unspecified atom stereocenters. The maximum atomic E-state index is 12.8. The summed E-state index contributed by atoms with van der Waals surface area (Å²) in [5.41, 5.74) is 1.43. The fraction of sp³-hybridized carbons (Fsp3) is 0.500. The molecule has 1 aromatic carbocycles. The second-order valence-electron chi connectivity index (χ2n) is 10.4. The first kappa shape index (κ1) is 27.4. The first-order valence-corrected chi connectivity index (χ1v) is 16.0. The normalized spacial score (nSPS) is 24.8. The zero-order valence-corrected chi connectivity index (χ0v) is 24.0. The van der Waals surface area contributed by atoms with Gasteiger partial charge in [-0.3, -0.25) is 9.36 Å². The van der Waals surface area contributed by atoms with Crippen molar-refractivity contribution in [3.63, 3.8) is 0 Å². The number of rotatable bonds is 9. The minimum atomic E-state index is -2.03. The van der Waals surface area contributed by atoms with Crippen molar-refractivity contribution in [1.29, 1.82) is 0 Å². The number of carbonyl (C=O) groups excluding carboxylic acids is 1. The number of amides is 1. The van der Waals surface area contributed by atoms with E-state index in [-0.39, 0.29) is 5.91 Å². The van der Waals surface area contributed by atoms with E-state index < -0.39 is 44.7 Å². The molecule has 2 saturated heterocycles. The average molecular weight is 550 g/mol. The van der Waals surface area contributed by atoms with Gasteiger partial charge in [-0.1, -0.05) is 44.9 Å². The van der Waals surface area contributed by atoms with Crippen LogP contribution < -0.4 is 5.32 Å². The first-order chi connectivity index (χ1) is 18.7. The first-order valence-electron chi connectivity index (χ1n) is 13.4. The van der Waals surface area contributed by atoms with Crippen LogP contribution in [-0.4, -0.2) is 63.9 Å². The van der Waals surface area contributed by atoms with E-state index in [9.17, 15) is 4.79 Å². The zero-order valence-electron chi connectivity index (χ0n) is 23.0. The molecule has 3 aromatic rings. The molecule has 2 aromatic heterocycles. The molecular formula is C28H35N5O5Si. The van der Waals surface area contributed by atoms with E-state index in [1.807, 2.05) is 19.9 Å². The molecule has 5 rings (SSSR count). The van der Waals surface area contributed by atoms with Crippen molar-refractivity contribution in [2.45, 2.75) is 89.2 Å². The number of aromatic nitrogens is 4. The Hall–Kier alpha value is -3.14. The summed E-state index contributed by atoms with van der Waals surface area (Å²) >= 11 is 0. The summed E-state index contributed by atoms with van der Waals surface area (Å²) in [6, 6.07) is 11.8. The minimum absolute atomic E-state index is 0.291. The van der Waals surface area contributed by atoms with Crippen molar-refractivity contribution < 1.29 is 23.4 Å². The number of hydrogen-bond donors (Lipinski definition) is 1. The number of terminal acetylenes is 1. The summed E-state index contributed by atoms with van der Waals surface area (Å²) in [7, 11) is -2.03. The summed E-state index contributed by atoms with van der Waals surface area (Å²) in [5, 5.41) is 2.84. The van der Waals surface area contributed by atoms with Crippen LogP contribution in [0.5, 0.6) is 0 Å².